The van der Waals surface area contributed by atoms with Gasteiger partial charge in [0.15, 0.2) is 11.0 Å². The maximum absolute atomic E-state index is 12.0. The third kappa shape index (κ3) is 4.24. The first-order valence-corrected chi connectivity index (χ1v) is 10.4. The van der Waals surface area contributed by atoms with Gasteiger partial charge >= 0.3 is 5.63 Å². The summed E-state index contributed by atoms with van der Waals surface area (Å²) in [5.41, 5.74) is 2.28. The van der Waals surface area contributed by atoms with E-state index in [0.29, 0.717) is 22.0 Å². The number of hydrogen-bond acceptors (Lipinski definition) is 6. The first-order chi connectivity index (χ1) is 14.4. The number of anilines is 1. The van der Waals surface area contributed by atoms with E-state index < -0.39 is 5.63 Å². The van der Waals surface area contributed by atoms with Crippen LogP contribution in [0.25, 0.3) is 22.4 Å². The summed E-state index contributed by atoms with van der Waals surface area (Å²) in [6.07, 6.45) is 0. The molecule has 4 rings (SSSR count). The third-order valence-electron chi connectivity index (χ3n) is 4.44. The molecule has 30 heavy (non-hydrogen) atoms. The number of fused-ring (bicyclic) bond motifs is 1. The van der Waals surface area contributed by atoms with Crippen molar-refractivity contribution >= 4 is 45.9 Å². The zero-order chi connectivity index (χ0) is 21.3. The van der Waals surface area contributed by atoms with Crippen LogP contribution in [0.5, 0.6) is 0 Å². The van der Waals surface area contributed by atoms with Crippen molar-refractivity contribution in [2.24, 2.45) is 7.05 Å². The summed E-state index contributed by atoms with van der Waals surface area (Å²) in [5, 5.41) is 13.4. The third-order valence-corrected chi connectivity index (χ3v) is 5.77. The van der Waals surface area contributed by atoms with Crippen LogP contribution in [0.3, 0.4) is 0 Å². The van der Waals surface area contributed by atoms with E-state index >= 15 is 0 Å². The van der Waals surface area contributed by atoms with Gasteiger partial charge in [-0.05, 0) is 42.0 Å². The minimum absolute atomic E-state index is 0.192. The Morgan fingerprint density at radius 3 is 2.67 bits per heavy atom. The molecule has 0 fully saturated rings. The minimum atomic E-state index is -0.446. The van der Waals surface area contributed by atoms with Gasteiger partial charge in [0.1, 0.15) is 5.58 Å². The second-order valence-corrected chi connectivity index (χ2v) is 8.02. The van der Waals surface area contributed by atoms with E-state index in [1.54, 1.807) is 12.1 Å². The number of amides is 1. The average Bonchev–Trinajstić information content (AvgIpc) is 3.06. The first kappa shape index (κ1) is 20.2. The molecule has 0 aliphatic rings. The van der Waals surface area contributed by atoms with E-state index in [1.165, 1.54) is 24.8 Å². The van der Waals surface area contributed by atoms with Crippen LogP contribution < -0.4 is 10.9 Å². The Bertz CT molecular complexity index is 1300. The summed E-state index contributed by atoms with van der Waals surface area (Å²) >= 11 is 7.43. The van der Waals surface area contributed by atoms with E-state index in [-0.39, 0.29) is 5.91 Å². The van der Waals surface area contributed by atoms with Crippen LogP contribution in [-0.2, 0) is 17.6 Å². The highest BCUT2D eigenvalue weighted by atomic mass is 35.5. The average molecular weight is 441 g/mol. The highest BCUT2D eigenvalue weighted by molar-refractivity contribution is 7.98. The summed E-state index contributed by atoms with van der Waals surface area (Å²) < 4.78 is 7.21. The number of hydrogen-bond donors (Lipinski definition) is 1. The van der Waals surface area contributed by atoms with Gasteiger partial charge in [-0.25, -0.2) is 4.79 Å². The summed E-state index contributed by atoms with van der Waals surface area (Å²) in [6.45, 7) is 1.42. The first-order valence-electron chi connectivity index (χ1n) is 9.03. The molecule has 0 aliphatic heterocycles. The molecule has 1 N–H and O–H groups in total. The maximum Gasteiger partial charge on any atom is 0.336 e. The summed E-state index contributed by atoms with van der Waals surface area (Å²) in [4.78, 5) is 23.3. The van der Waals surface area contributed by atoms with Gasteiger partial charge in [-0.2, -0.15) is 0 Å². The van der Waals surface area contributed by atoms with Crippen LogP contribution in [0, 0.1) is 0 Å². The molecule has 9 heteroatoms. The van der Waals surface area contributed by atoms with Crippen molar-refractivity contribution in [3.8, 4) is 11.4 Å². The lowest BCUT2D eigenvalue weighted by atomic mass is 10.1. The largest absolute Gasteiger partial charge is 0.423 e. The monoisotopic (exact) mass is 440 g/mol. The van der Waals surface area contributed by atoms with Crippen molar-refractivity contribution in [3.05, 3.63) is 69.5 Å². The molecule has 0 atom stereocenters. The number of halogens is 1. The van der Waals surface area contributed by atoms with Crippen LogP contribution in [0.1, 0.15) is 12.5 Å². The Balaban J connectivity index is 1.60. The molecule has 0 spiro atoms. The summed E-state index contributed by atoms with van der Waals surface area (Å²) in [5.74, 6) is 1.04. The lowest BCUT2D eigenvalue weighted by Gasteiger charge is -2.08. The normalized spacial score (nSPS) is 11.0. The highest BCUT2D eigenvalue weighted by Crippen LogP contribution is 2.29. The van der Waals surface area contributed by atoms with Crippen LogP contribution in [0.4, 0.5) is 5.69 Å². The Morgan fingerprint density at radius 2 is 1.93 bits per heavy atom. The molecule has 1 amide bonds. The molecular weight excluding hydrogens is 424 g/mol. The van der Waals surface area contributed by atoms with Crippen LogP contribution >= 0.6 is 23.4 Å². The molecule has 2 aromatic heterocycles. The van der Waals surface area contributed by atoms with Gasteiger partial charge in [-0.3, -0.25) is 4.79 Å². The molecule has 2 aromatic carbocycles. The predicted molar refractivity (Wildman–Crippen MR) is 118 cm³/mol. The summed E-state index contributed by atoms with van der Waals surface area (Å²) in [7, 11) is 1.89. The fraction of sp³-hybridized carbons (Fsp3) is 0.143. The number of aromatic nitrogens is 3. The number of carbonyl (C=O) groups excluding carboxylic acids is 1. The zero-order valence-corrected chi connectivity index (χ0v) is 17.8. The smallest absolute Gasteiger partial charge is 0.336 e. The second kappa shape index (κ2) is 8.33. The number of nitrogens with one attached hydrogen (secondary N) is 1. The molecule has 0 unspecified atom stereocenters. The van der Waals surface area contributed by atoms with Crippen molar-refractivity contribution in [2.75, 3.05) is 5.32 Å². The van der Waals surface area contributed by atoms with Crippen molar-refractivity contribution in [1.82, 2.24) is 14.8 Å². The number of nitrogens with zero attached hydrogens (tertiary/aromatic N) is 3. The van der Waals surface area contributed by atoms with Gasteiger partial charge in [0.25, 0.3) is 0 Å². The lowest BCUT2D eigenvalue weighted by Crippen LogP contribution is -2.06. The highest BCUT2D eigenvalue weighted by Gasteiger charge is 2.13. The fourth-order valence-corrected chi connectivity index (χ4v) is 4.09. The van der Waals surface area contributed by atoms with Crippen LogP contribution in [0.2, 0.25) is 5.02 Å². The van der Waals surface area contributed by atoms with Crippen molar-refractivity contribution < 1.29 is 9.21 Å². The van der Waals surface area contributed by atoms with Gasteiger partial charge < -0.3 is 14.3 Å². The number of carbonyl (C=O) groups is 1. The van der Waals surface area contributed by atoms with Gasteiger partial charge in [0.05, 0.1) is 0 Å². The van der Waals surface area contributed by atoms with E-state index in [0.717, 1.165) is 27.5 Å². The van der Waals surface area contributed by atoms with Gasteiger partial charge in [-0.1, -0.05) is 23.4 Å². The number of rotatable bonds is 5. The molecule has 2 heterocycles. The van der Waals surface area contributed by atoms with Gasteiger partial charge in [-0.15, -0.1) is 10.2 Å². The topological polar surface area (TPSA) is 90.0 Å². The van der Waals surface area contributed by atoms with Crippen LogP contribution in [0.15, 0.2) is 62.9 Å². The van der Waals surface area contributed by atoms with Gasteiger partial charge in [0, 0.05) is 53.5 Å². The Labute approximate surface area is 181 Å². The number of benzene rings is 2. The van der Waals surface area contributed by atoms with E-state index in [1.807, 2.05) is 41.9 Å². The minimum Gasteiger partial charge on any atom is -0.423 e. The second-order valence-electron chi connectivity index (χ2n) is 6.64. The lowest BCUT2D eigenvalue weighted by molar-refractivity contribution is -0.114. The Morgan fingerprint density at radius 1 is 1.17 bits per heavy atom. The molecule has 4 aromatic rings. The standard InChI is InChI=1S/C21H17ClN4O3S/c1-12(27)23-16-7-8-17-14(9-19(28)29-18(17)10-16)11-30-21-25-24-20(26(21)2)13-3-5-15(22)6-4-13/h3-10H,11H2,1-2H3,(H,23,27). The van der Waals surface area contributed by atoms with Crippen molar-refractivity contribution in [2.45, 2.75) is 17.8 Å². The maximum atomic E-state index is 12.0. The molecule has 0 saturated carbocycles. The van der Waals surface area contributed by atoms with Crippen LogP contribution in [-0.4, -0.2) is 20.7 Å². The molecular formula is C21H17ClN4O3S. The fourth-order valence-electron chi connectivity index (χ4n) is 3.06. The van der Waals surface area contributed by atoms with E-state index in [2.05, 4.69) is 15.5 Å². The molecule has 152 valence electrons. The number of thioether (sulfide) groups is 1. The van der Waals surface area contributed by atoms with E-state index in [9.17, 15) is 9.59 Å². The zero-order valence-electron chi connectivity index (χ0n) is 16.2. The predicted octanol–water partition coefficient (Wildman–Crippen LogP) is 4.49. The quantitative estimate of drug-likeness (QED) is 0.363. The molecule has 0 aliphatic carbocycles. The van der Waals surface area contributed by atoms with E-state index in [4.69, 9.17) is 16.0 Å². The van der Waals surface area contributed by atoms with Gasteiger partial charge in [0.2, 0.25) is 5.91 Å². The van der Waals surface area contributed by atoms with Crippen molar-refractivity contribution in [1.29, 1.82) is 0 Å². The molecule has 0 saturated heterocycles. The van der Waals surface area contributed by atoms with Crippen molar-refractivity contribution in [3.63, 3.8) is 0 Å². The molecule has 0 bridgehead atoms. The molecule has 7 nitrogen and oxygen atoms in total. The summed E-state index contributed by atoms with van der Waals surface area (Å²) in [6, 6.07) is 14.1. The molecule has 0 radical (unpaired) electrons. The Hall–Kier alpha value is -3.10. The SMILES string of the molecule is CC(=O)Nc1ccc2c(CSc3nnc(-c4ccc(Cl)cc4)n3C)cc(=O)oc2c1. The Kier molecular flexibility index (Phi) is 5.61.